The first-order valence-corrected chi connectivity index (χ1v) is 7.91. The van der Waals surface area contributed by atoms with Gasteiger partial charge in [-0.1, -0.05) is 48.8 Å². The second-order valence-corrected chi connectivity index (χ2v) is 7.49. The van der Waals surface area contributed by atoms with Crippen molar-refractivity contribution in [3.63, 3.8) is 0 Å². The fraction of sp³-hybridized carbons (Fsp3) is 0.625. The average molecular weight is 325 g/mol. The van der Waals surface area contributed by atoms with Crippen LogP contribution < -0.4 is 5.73 Å². The molecule has 1 aromatic rings. The number of likely N-dealkylation sites (tertiary alicyclic amines) is 1. The van der Waals surface area contributed by atoms with Crippen LogP contribution in [0.5, 0.6) is 0 Å². The summed E-state index contributed by atoms with van der Waals surface area (Å²) in [7, 11) is 0. The lowest BCUT2D eigenvalue weighted by molar-refractivity contribution is 0.0915. The van der Waals surface area contributed by atoms with Gasteiger partial charge >= 0.3 is 0 Å². The summed E-state index contributed by atoms with van der Waals surface area (Å²) in [5, 5.41) is 0. The summed E-state index contributed by atoms with van der Waals surface area (Å²) < 4.78 is 1.16. The molecule has 1 aromatic carbocycles. The molecule has 2 nitrogen and oxygen atoms in total. The average Bonchev–Trinajstić information content (AvgIpc) is 2.33. The molecule has 0 aromatic heterocycles. The molecule has 2 atom stereocenters. The Labute approximate surface area is 125 Å². The lowest BCUT2D eigenvalue weighted by atomic mass is 9.79. The predicted molar refractivity (Wildman–Crippen MR) is 85.4 cm³/mol. The smallest absolute Gasteiger partial charge is 0.0178 e. The van der Waals surface area contributed by atoms with Gasteiger partial charge in [0.2, 0.25) is 0 Å². The van der Waals surface area contributed by atoms with Gasteiger partial charge in [-0.3, -0.25) is 0 Å². The van der Waals surface area contributed by atoms with Crippen LogP contribution in [0.3, 0.4) is 0 Å². The molecule has 19 heavy (non-hydrogen) atoms. The van der Waals surface area contributed by atoms with E-state index in [1.54, 1.807) is 0 Å². The number of hydrogen-bond acceptors (Lipinski definition) is 2. The van der Waals surface area contributed by atoms with E-state index in [0.717, 1.165) is 30.5 Å². The highest BCUT2D eigenvalue weighted by atomic mass is 79.9. The first-order valence-electron chi connectivity index (χ1n) is 7.12. The van der Waals surface area contributed by atoms with Crippen molar-refractivity contribution in [2.75, 3.05) is 19.6 Å². The van der Waals surface area contributed by atoms with Crippen molar-refractivity contribution in [3.8, 4) is 0 Å². The molecular weight excluding hydrogens is 300 g/mol. The molecule has 0 aliphatic carbocycles. The summed E-state index contributed by atoms with van der Waals surface area (Å²) in [6.07, 6.45) is 1.11. The molecule has 2 rings (SSSR count). The molecule has 2 unspecified atom stereocenters. The van der Waals surface area contributed by atoms with E-state index in [4.69, 9.17) is 5.73 Å². The van der Waals surface area contributed by atoms with Crippen molar-refractivity contribution in [1.29, 1.82) is 0 Å². The third kappa shape index (κ3) is 3.80. The van der Waals surface area contributed by atoms with Crippen LogP contribution in [0, 0.1) is 5.41 Å². The Morgan fingerprint density at radius 3 is 2.84 bits per heavy atom. The maximum absolute atomic E-state index is 6.20. The second kappa shape index (κ2) is 5.94. The standard InChI is InChI=1S/C16H25BrN2/c1-12(13-5-4-6-14(17)9-13)10-19-8-7-15(18)16(2,3)11-19/h4-6,9,12,15H,7-8,10-11,18H2,1-3H3. The minimum absolute atomic E-state index is 0.231. The summed E-state index contributed by atoms with van der Waals surface area (Å²) >= 11 is 3.55. The molecule has 1 aliphatic heterocycles. The van der Waals surface area contributed by atoms with Crippen molar-refractivity contribution in [2.45, 2.75) is 39.2 Å². The number of rotatable bonds is 3. The zero-order chi connectivity index (χ0) is 14.0. The Hall–Kier alpha value is -0.380. The number of nitrogens with zero attached hydrogens (tertiary/aromatic N) is 1. The number of nitrogens with two attached hydrogens (primary N) is 1. The minimum atomic E-state index is 0.231. The van der Waals surface area contributed by atoms with Crippen LogP contribution in [0.25, 0.3) is 0 Å². The predicted octanol–water partition coefficient (Wildman–Crippen LogP) is 3.61. The molecule has 0 saturated carbocycles. The van der Waals surface area contributed by atoms with Gasteiger partial charge < -0.3 is 10.6 Å². The summed E-state index contributed by atoms with van der Waals surface area (Å²) in [5.41, 5.74) is 7.84. The highest BCUT2D eigenvalue weighted by Gasteiger charge is 2.33. The van der Waals surface area contributed by atoms with Crippen LogP contribution in [0.4, 0.5) is 0 Å². The molecule has 1 aliphatic rings. The van der Waals surface area contributed by atoms with Gasteiger partial charge in [-0.05, 0) is 42.0 Å². The van der Waals surface area contributed by atoms with Crippen molar-refractivity contribution in [2.24, 2.45) is 11.1 Å². The maximum Gasteiger partial charge on any atom is 0.0178 e. The number of piperidine rings is 1. The van der Waals surface area contributed by atoms with E-state index in [-0.39, 0.29) is 5.41 Å². The van der Waals surface area contributed by atoms with Gasteiger partial charge in [0.25, 0.3) is 0 Å². The van der Waals surface area contributed by atoms with E-state index in [2.05, 4.69) is 65.9 Å². The van der Waals surface area contributed by atoms with Crippen LogP contribution >= 0.6 is 15.9 Å². The fourth-order valence-electron chi connectivity index (χ4n) is 2.95. The highest BCUT2D eigenvalue weighted by molar-refractivity contribution is 9.10. The van der Waals surface area contributed by atoms with E-state index in [1.807, 2.05) is 0 Å². The van der Waals surface area contributed by atoms with Gasteiger partial charge in [-0.25, -0.2) is 0 Å². The largest absolute Gasteiger partial charge is 0.327 e. The summed E-state index contributed by atoms with van der Waals surface area (Å²) in [4.78, 5) is 2.56. The SMILES string of the molecule is CC(CN1CCC(N)C(C)(C)C1)c1cccc(Br)c1. The third-order valence-corrected chi connectivity index (χ3v) is 4.83. The Bertz CT molecular complexity index is 431. The summed E-state index contributed by atoms with van der Waals surface area (Å²) in [6, 6.07) is 8.98. The van der Waals surface area contributed by atoms with Crippen molar-refractivity contribution in [3.05, 3.63) is 34.3 Å². The van der Waals surface area contributed by atoms with Crippen LogP contribution in [-0.2, 0) is 0 Å². The lowest BCUT2D eigenvalue weighted by Crippen LogP contribution is -2.52. The molecule has 1 heterocycles. The number of halogens is 1. The first kappa shape index (κ1) is 15.0. The van der Waals surface area contributed by atoms with Gasteiger partial charge in [0, 0.05) is 23.6 Å². The molecule has 106 valence electrons. The zero-order valence-corrected chi connectivity index (χ0v) is 13.8. The fourth-order valence-corrected chi connectivity index (χ4v) is 3.36. The molecule has 1 saturated heterocycles. The number of hydrogen-bond donors (Lipinski definition) is 1. The second-order valence-electron chi connectivity index (χ2n) is 6.57. The molecular formula is C16H25BrN2. The zero-order valence-electron chi connectivity index (χ0n) is 12.2. The monoisotopic (exact) mass is 324 g/mol. The van der Waals surface area contributed by atoms with Gasteiger partial charge in [-0.15, -0.1) is 0 Å². The van der Waals surface area contributed by atoms with Gasteiger partial charge in [0.05, 0.1) is 0 Å². The van der Waals surface area contributed by atoms with Gasteiger partial charge in [-0.2, -0.15) is 0 Å². The third-order valence-electron chi connectivity index (χ3n) is 4.34. The first-order chi connectivity index (χ1) is 8.88. The quantitative estimate of drug-likeness (QED) is 0.920. The maximum atomic E-state index is 6.20. The minimum Gasteiger partial charge on any atom is -0.327 e. The van der Waals surface area contributed by atoms with Crippen molar-refractivity contribution < 1.29 is 0 Å². The van der Waals surface area contributed by atoms with Crippen LogP contribution in [0.2, 0.25) is 0 Å². The van der Waals surface area contributed by atoms with E-state index in [0.29, 0.717) is 12.0 Å². The van der Waals surface area contributed by atoms with E-state index in [9.17, 15) is 0 Å². The Morgan fingerprint density at radius 1 is 1.47 bits per heavy atom. The summed E-state index contributed by atoms with van der Waals surface area (Å²) in [5.74, 6) is 0.558. The Balaban J connectivity index is 1.98. The molecule has 1 fully saturated rings. The van der Waals surface area contributed by atoms with Gasteiger partial charge in [0.15, 0.2) is 0 Å². The van der Waals surface area contributed by atoms with E-state index < -0.39 is 0 Å². The number of benzene rings is 1. The molecule has 3 heteroatoms. The molecule has 2 N–H and O–H groups in total. The van der Waals surface area contributed by atoms with E-state index >= 15 is 0 Å². The van der Waals surface area contributed by atoms with Crippen molar-refractivity contribution >= 4 is 15.9 Å². The highest BCUT2D eigenvalue weighted by Crippen LogP contribution is 2.29. The molecule has 0 amide bonds. The molecule has 0 bridgehead atoms. The van der Waals surface area contributed by atoms with Crippen LogP contribution in [0.15, 0.2) is 28.7 Å². The van der Waals surface area contributed by atoms with Crippen molar-refractivity contribution in [1.82, 2.24) is 4.90 Å². The van der Waals surface area contributed by atoms with E-state index in [1.165, 1.54) is 5.56 Å². The Kier molecular flexibility index (Phi) is 4.70. The molecule has 0 spiro atoms. The topological polar surface area (TPSA) is 29.3 Å². The summed E-state index contributed by atoms with van der Waals surface area (Å²) in [6.45, 7) is 10.2. The van der Waals surface area contributed by atoms with Gasteiger partial charge in [0.1, 0.15) is 0 Å². The lowest BCUT2D eigenvalue weighted by Gasteiger charge is -2.43. The Morgan fingerprint density at radius 2 is 2.21 bits per heavy atom. The normalized spacial score (nSPS) is 25.2. The molecule has 0 radical (unpaired) electrons. The van der Waals surface area contributed by atoms with Crippen LogP contribution in [0.1, 0.15) is 38.7 Å². The van der Waals surface area contributed by atoms with Crippen LogP contribution in [-0.4, -0.2) is 30.6 Å².